The van der Waals surface area contributed by atoms with E-state index in [-0.39, 0.29) is 22.9 Å². The van der Waals surface area contributed by atoms with E-state index in [9.17, 15) is 14.5 Å². The standard InChI is InChI=1S/C14H11FN4O2/c15-12-3-1-10(2-4-12)5-6-17-14-13(19(20)21)7-11(8-16)9-18-14/h1-4,7,9H,5-6H2,(H,17,18). The molecule has 0 saturated carbocycles. The Kier molecular flexibility index (Phi) is 4.41. The largest absolute Gasteiger partial charge is 0.364 e. The highest BCUT2D eigenvalue weighted by atomic mass is 19.1. The fourth-order valence-corrected chi connectivity index (χ4v) is 1.77. The average Bonchev–Trinajstić information content (AvgIpc) is 2.49. The Labute approximate surface area is 120 Å². The molecule has 2 rings (SSSR count). The van der Waals surface area contributed by atoms with Crippen LogP contribution < -0.4 is 5.32 Å². The van der Waals surface area contributed by atoms with Crippen LogP contribution in [-0.2, 0) is 6.42 Å². The van der Waals surface area contributed by atoms with Gasteiger partial charge in [-0.05, 0) is 24.1 Å². The second kappa shape index (κ2) is 6.43. The van der Waals surface area contributed by atoms with Crippen LogP contribution in [0.25, 0.3) is 0 Å². The Bertz CT molecular complexity index is 695. The minimum Gasteiger partial charge on any atom is -0.364 e. The number of rotatable bonds is 5. The van der Waals surface area contributed by atoms with Crippen molar-refractivity contribution in [3.05, 3.63) is 63.6 Å². The molecule has 2 aromatic rings. The number of nitrogens with one attached hydrogen (secondary N) is 1. The molecule has 1 heterocycles. The number of nitriles is 1. The zero-order valence-electron chi connectivity index (χ0n) is 10.9. The Balaban J connectivity index is 2.04. The van der Waals surface area contributed by atoms with E-state index in [1.54, 1.807) is 18.2 Å². The van der Waals surface area contributed by atoms with Crippen molar-refractivity contribution in [2.75, 3.05) is 11.9 Å². The van der Waals surface area contributed by atoms with Gasteiger partial charge < -0.3 is 5.32 Å². The fourth-order valence-electron chi connectivity index (χ4n) is 1.77. The van der Waals surface area contributed by atoms with Crippen LogP contribution in [-0.4, -0.2) is 16.5 Å². The van der Waals surface area contributed by atoms with Crippen LogP contribution >= 0.6 is 0 Å². The van der Waals surface area contributed by atoms with E-state index < -0.39 is 4.92 Å². The third-order valence-electron chi connectivity index (χ3n) is 2.81. The van der Waals surface area contributed by atoms with Gasteiger partial charge in [-0.2, -0.15) is 5.26 Å². The molecule has 0 aliphatic heterocycles. The van der Waals surface area contributed by atoms with E-state index in [0.29, 0.717) is 13.0 Å². The lowest BCUT2D eigenvalue weighted by Gasteiger charge is -2.06. The van der Waals surface area contributed by atoms with E-state index in [1.807, 2.05) is 0 Å². The third kappa shape index (κ3) is 3.73. The van der Waals surface area contributed by atoms with Gasteiger partial charge >= 0.3 is 5.69 Å². The summed E-state index contributed by atoms with van der Waals surface area (Å²) >= 11 is 0. The summed E-state index contributed by atoms with van der Waals surface area (Å²) < 4.78 is 12.8. The van der Waals surface area contributed by atoms with Gasteiger partial charge in [0.2, 0.25) is 5.82 Å². The first kappa shape index (κ1) is 14.4. The van der Waals surface area contributed by atoms with Gasteiger partial charge in [0.1, 0.15) is 11.9 Å². The molecule has 0 spiro atoms. The zero-order valence-corrected chi connectivity index (χ0v) is 10.9. The topological polar surface area (TPSA) is 91.8 Å². The first-order chi connectivity index (χ1) is 10.1. The number of halogens is 1. The van der Waals surface area contributed by atoms with Crippen molar-refractivity contribution in [3.8, 4) is 6.07 Å². The molecule has 0 unspecified atom stereocenters. The highest BCUT2D eigenvalue weighted by Crippen LogP contribution is 2.22. The zero-order chi connectivity index (χ0) is 15.2. The van der Waals surface area contributed by atoms with Gasteiger partial charge in [0.25, 0.3) is 0 Å². The SMILES string of the molecule is N#Cc1cnc(NCCc2ccc(F)cc2)c([N+](=O)[O-])c1. The Morgan fingerprint density at radius 2 is 2.10 bits per heavy atom. The Hall–Kier alpha value is -3.01. The molecule has 0 saturated heterocycles. The molecule has 1 N–H and O–H groups in total. The maximum atomic E-state index is 12.8. The van der Waals surface area contributed by atoms with Crippen molar-refractivity contribution in [2.45, 2.75) is 6.42 Å². The van der Waals surface area contributed by atoms with Crippen LogP contribution in [0.2, 0.25) is 0 Å². The van der Waals surface area contributed by atoms with Crippen LogP contribution in [0.1, 0.15) is 11.1 Å². The molecule has 21 heavy (non-hydrogen) atoms. The summed E-state index contributed by atoms with van der Waals surface area (Å²) in [7, 11) is 0. The molecule has 0 aliphatic carbocycles. The molecular formula is C14H11FN4O2. The smallest absolute Gasteiger partial charge is 0.312 e. The molecule has 0 bridgehead atoms. The first-order valence-electron chi connectivity index (χ1n) is 6.13. The van der Waals surface area contributed by atoms with E-state index >= 15 is 0 Å². The van der Waals surface area contributed by atoms with Gasteiger partial charge in [-0.15, -0.1) is 0 Å². The van der Waals surface area contributed by atoms with Gasteiger partial charge in [0.05, 0.1) is 10.5 Å². The summed E-state index contributed by atoms with van der Waals surface area (Å²) in [5.74, 6) is -0.197. The number of aromatic nitrogens is 1. The molecule has 6 nitrogen and oxygen atoms in total. The number of benzene rings is 1. The molecule has 106 valence electrons. The lowest BCUT2D eigenvalue weighted by Crippen LogP contribution is -2.08. The highest BCUT2D eigenvalue weighted by molar-refractivity contribution is 5.58. The summed E-state index contributed by atoms with van der Waals surface area (Å²) in [6.07, 6.45) is 1.84. The first-order valence-corrected chi connectivity index (χ1v) is 6.13. The van der Waals surface area contributed by atoms with Crippen LogP contribution in [0.5, 0.6) is 0 Å². The lowest BCUT2D eigenvalue weighted by molar-refractivity contribution is -0.384. The van der Waals surface area contributed by atoms with E-state index in [4.69, 9.17) is 5.26 Å². The van der Waals surface area contributed by atoms with Crippen LogP contribution in [0.3, 0.4) is 0 Å². The molecule has 1 aromatic carbocycles. The number of nitro groups is 1. The quantitative estimate of drug-likeness (QED) is 0.673. The van der Waals surface area contributed by atoms with Crippen molar-refractivity contribution < 1.29 is 9.31 Å². The fraction of sp³-hybridized carbons (Fsp3) is 0.143. The van der Waals surface area contributed by atoms with Crippen LogP contribution in [0, 0.1) is 27.3 Å². The molecular weight excluding hydrogens is 275 g/mol. The summed E-state index contributed by atoms with van der Waals surface area (Å²) in [6.45, 7) is 0.408. The molecule has 1 aromatic heterocycles. The molecule has 0 atom stereocenters. The van der Waals surface area contributed by atoms with Gasteiger partial charge in [-0.3, -0.25) is 10.1 Å². The third-order valence-corrected chi connectivity index (χ3v) is 2.81. The van der Waals surface area contributed by atoms with Crippen molar-refractivity contribution >= 4 is 11.5 Å². The summed E-state index contributed by atoms with van der Waals surface area (Å²) in [6, 6.07) is 9.00. The van der Waals surface area contributed by atoms with Gasteiger partial charge in [0.15, 0.2) is 0 Å². The molecule has 0 aliphatic rings. The molecule has 0 fully saturated rings. The number of anilines is 1. The van der Waals surface area contributed by atoms with Crippen LogP contribution in [0.4, 0.5) is 15.9 Å². The van der Waals surface area contributed by atoms with Gasteiger partial charge in [-0.1, -0.05) is 12.1 Å². The minimum atomic E-state index is -0.589. The second-order valence-corrected chi connectivity index (χ2v) is 4.26. The van der Waals surface area contributed by atoms with Crippen molar-refractivity contribution in [2.24, 2.45) is 0 Å². The second-order valence-electron chi connectivity index (χ2n) is 4.26. The normalized spacial score (nSPS) is 9.90. The van der Waals surface area contributed by atoms with Crippen molar-refractivity contribution in [1.82, 2.24) is 4.98 Å². The monoisotopic (exact) mass is 286 g/mol. The predicted octanol–water partition coefficient (Wildman–Crippen LogP) is 2.66. The van der Waals surface area contributed by atoms with Gasteiger partial charge in [0, 0.05) is 18.8 Å². The van der Waals surface area contributed by atoms with E-state index in [1.165, 1.54) is 24.4 Å². The predicted molar refractivity (Wildman–Crippen MR) is 74.2 cm³/mol. The summed E-state index contributed by atoms with van der Waals surface area (Å²) in [5.41, 5.74) is 0.791. The number of pyridine rings is 1. The number of hydrogen-bond donors (Lipinski definition) is 1. The number of nitrogens with zero attached hydrogens (tertiary/aromatic N) is 3. The Morgan fingerprint density at radius 3 is 2.71 bits per heavy atom. The average molecular weight is 286 g/mol. The van der Waals surface area contributed by atoms with Gasteiger partial charge in [-0.25, -0.2) is 9.37 Å². The summed E-state index contributed by atoms with van der Waals surface area (Å²) in [5, 5.41) is 22.5. The van der Waals surface area contributed by atoms with Crippen LogP contribution in [0.15, 0.2) is 36.5 Å². The number of hydrogen-bond acceptors (Lipinski definition) is 5. The summed E-state index contributed by atoms with van der Waals surface area (Å²) in [4.78, 5) is 14.2. The minimum absolute atomic E-state index is 0.112. The molecule has 7 heteroatoms. The lowest BCUT2D eigenvalue weighted by atomic mass is 10.1. The maximum absolute atomic E-state index is 12.8. The highest BCUT2D eigenvalue weighted by Gasteiger charge is 2.15. The van der Waals surface area contributed by atoms with Crippen molar-refractivity contribution in [1.29, 1.82) is 5.26 Å². The molecule has 0 amide bonds. The van der Waals surface area contributed by atoms with Crippen molar-refractivity contribution in [3.63, 3.8) is 0 Å². The Morgan fingerprint density at radius 1 is 1.38 bits per heavy atom. The maximum Gasteiger partial charge on any atom is 0.312 e. The van der Waals surface area contributed by atoms with E-state index in [2.05, 4.69) is 10.3 Å². The van der Waals surface area contributed by atoms with E-state index in [0.717, 1.165) is 5.56 Å². The molecule has 0 radical (unpaired) electrons.